The van der Waals surface area contributed by atoms with Crippen LogP contribution in [0.5, 0.6) is 0 Å². The Morgan fingerprint density at radius 1 is 0.684 bits per heavy atom. The third-order valence-electron chi connectivity index (χ3n) is 19.0. The molecule has 0 bridgehead atoms. The van der Waals surface area contributed by atoms with Crippen LogP contribution >= 0.6 is 0 Å². The number of methoxy groups -OCH3 is 1. The zero-order chi connectivity index (χ0) is 55.3. The van der Waals surface area contributed by atoms with Gasteiger partial charge in [0.05, 0.1) is 38.6 Å². The van der Waals surface area contributed by atoms with Crippen LogP contribution in [-0.4, -0.2) is 241 Å². The summed E-state index contributed by atoms with van der Waals surface area (Å²) in [5.41, 5.74) is 1.08. The van der Waals surface area contributed by atoms with Crippen LogP contribution in [0.3, 0.4) is 0 Å². The lowest BCUT2D eigenvalue weighted by atomic mass is 9.47. The average molecular weight is 1090 g/mol. The Balaban J connectivity index is 0.947. The zero-order valence-electron chi connectivity index (χ0n) is 44.5. The van der Waals surface area contributed by atoms with E-state index in [1.54, 1.807) is 7.11 Å². The predicted octanol–water partition coefficient (Wildman–Crippen LogP) is -1.80. The molecule has 4 aliphatic carbocycles. The summed E-state index contributed by atoms with van der Waals surface area (Å²) in [7, 11) is 1.61. The van der Waals surface area contributed by atoms with Gasteiger partial charge in [-0.15, -0.1) is 0 Å². The van der Waals surface area contributed by atoms with Crippen molar-refractivity contribution in [3.05, 3.63) is 24.0 Å². The number of hydrogen-bond donors (Lipinski definition) is 13. The summed E-state index contributed by atoms with van der Waals surface area (Å²) in [5.74, 6) is 1.76. The van der Waals surface area contributed by atoms with Crippen LogP contribution in [0.2, 0.25) is 0 Å². The minimum Gasteiger partial charge on any atom is -0.492 e. The van der Waals surface area contributed by atoms with E-state index >= 15 is 0 Å². The third kappa shape index (κ3) is 11.6. The lowest BCUT2D eigenvalue weighted by Crippen LogP contribution is -2.67. The lowest BCUT2D eigenvalue weighted by Gasteiger charge is -2.58. The van der Waals surface area contributed by atoms with E-state index in [0.717, 1.165) is 38.5 Å². The first-order valence-corrected chi connectivity index (χ1v) is 27.5. The van der Waals surface area contributed by atoms with Gasteiger partial charge in [-0.2, -0.15) is 0 Å². The summed E-state index contributed by atoms with van der Waals surface area (Å²) < 4.78 is 60.9. The normalized spacial score (nSPS) is 50.4. The molecule has 0 aromatic heterocycles. The van der Waals surface area contributed by atoms with Crippen LogP contribution < -0.4 is 0 Å². The van der Waals surface area contributed by atoms with Gasteiger partial charge in [0, 0.05) is 13.0 Å². The minimum absolute atomic E-state index is 0.00883. The summed E-state index contributed by atoms with van der Waals surface area (Å²) in [4.78, 5) is 0. The van der Waals surface area contributed by atoms with Crippen molar-refractivity contribution in [1.82, 2.24) is 0 Å². The van der Waals surface area contributed by atoms with E-state index in [1.807, 2.05) is 6.92 Å². The molecule has 0 aromatic carbocycles. The average Bonchev–Trinajstić information content (AvgIpc) is 3.76. The van der Waals surface area contributed by atoms with Crippen molar-refractivity contribution in [2.45, 2.75) is 234 Å². The predicted molar refractivity (Wildman–Crippen MR) is 262 cm³/mol. The fraction of sp³-hybridized carbons (Fsp3) is 0.925. The third-order valence-corrected chi connectivity index (χ3v) is 19.0. The number of allylic oxidation sites excluding steroid dienone is 1. The van der Waals surface area contributed by atoms with Gasteiger partial charge in [0.1, 0.15) is 110 Å². The Morgan fingerprint density at radius 2 is 1.25 bits per heavy atom. The molecule has 76 heavy (non-hydrogen) atoms. The molecule has 13 N–H and O–H groups in total. The van der Waals surface area contributed by atoms with Crippen LogP contribution in [0.25, 0.3) is 0 Å². The van der Waals surface area contributed by atoms with Crippen molar-refractivity contribution in [2.24, 2.45) is 40.4 Å². The Kier molecular flexibility index (Phi) is 19.8. The highest BCUT2D eigenvalue weighted by molar-refractivity contribution is 5.26. The quantitative estimate of drug-likeness (QED) is 0.0501. The van der Waals surface area contributed by atoms with Crippen molar-refractivity contribution < 1.29 is 114 Å². The Bertz CT molecular complexity index is 1930. The second-order valence-corrected chi connectivity index (χ2v) is 23.6. The van der Waals surface area contributed by atoms with Gasteiger partial charge >= 0.3 is 0 Å². The fourth-order valence-electron chi connectivity index (χ4n) is 14.5. The second kappa shape index (κ2) is 24.9. The van der Waals surface area contributed by atoms with Crippen LogP contribution in [0.15, 0.2) is 24.0 Å². The highest BCUT2D eigenvalue weighted by Crippen LogP contribution is 2.67. The van der Waals surface area contributed by atoms with E-state index in [4.69, 9.17) is 47.4 Å². The van der Waals surface area contributed by atoms with Gasteiger partial charge in [0.2, 0.25) is 0 Å². The molecule has 23 heteroatoms. The molecular weight excluding hydrogens is 1000 g/mol. The van der Waals surface area contributed by atoms with Crippen LogP contribution in [0, 0.1) is 40.4 Å². The molecule has 4 saturated heterocycles. The van der Waals surface area contributed by atoms with Gasteiger partial charge in [-0.1, -0.05) is 45.9 Å². The van der Waals surface area contributed by atoms with E-state index in [-0.39, 0.29) is 35.4 Å². The Morgan fingerprint density at radius 3 is 1.87 bits per heavy atom. The molecule has 8 rings (SSSR count). The van der Waals surface area contributed by atoms with Crippen LogP contribution in [0.1, 0.15) is 92.4 Å². The molecule has 8 aliphatic rings. The molecule has 438 valence electrons. The first-order valence-electron chi connectivity index (χ1n) is 27.5. The molecule has 0 spiro atoms. The number of rotatable bonds is 19. The summed E-state index contributed by atoms with van der Waals surface area (Å²) in [6.07, 6.45) is -22.3. The van der Waals surface area contributed by atoms with E-state index in [2.05, 4.69) is 33.4 Å². The van der Waals surface area contributed by atoms with Gasteiger partial charge in [0.25, 0.3) is 0 Å². The first kappa shape index (κ1) is 60.5. The van der Waals surface area contributed by atoms with E-state index in [1.165, 1.54) is 12.5 Å². The summed E-state index contributed by atoms with van der Waals surface area (Å²) in [6, 6.07) is 0. The SMILES string of the molecule is C=C(O[C@H]1C[C@H]2[C@@H]3CC=C4C[C@@H](O[C@@H]5OC(CO)[C@@H](O)[C@H](O[C@@H]6OC(CO)[C@@H](O)[C@H](O)C6O)C5O[C@@H]5OC(C)[C@H](O)C(O)[C@@H]5O)CC[C@]4(C)[C@H]3CC[C@]2(C)[C@H]1CC)[C@H](C[C@@H](C)CO[C@@H]1OC(CO)[C@@H](O)[C@H](O)C1O)OC. The number of aliphatic hydroxyl groups excluding tert-OH is 13. The van der Waals surface area contributed by atoms with E-state index in [0.29, 0.717) is 42.8 Å². The molecule has 7 fully saturated rings. The lowest BCUT2D eigenvalue weighted by molar-refractivity contribution is -0.394. The molecule has 0 amide bonds. The minimum atomic E-state index is -1.88. The number of aliphatic hydroxyl groups is 13. The molecule has 8 unspecified atom stereocenters. The van der Waals surface area contributed by atoms with Crippen molar-refractivity contribution in [3.8, 4) is 0 Å². The maximum Gasteiger partial charge on any atom is 0.187 e. The molecule has 4 heterocycles. The standard InChI is InChI=1S/C53H88O23/c1-8-28-32(69-23(3)31(67-7)15-22(2)21-68-48-43(64)41(62)37(58)33(18-54)72-48)17-30-27-10-9-25-16-26(11-13-52(25,5)29(27)12-14-53(28,30)6)71-51-47(76-49-44(65)40(61)36(57)24(4)70-49)46(39(60)35(20-56)74-51)75-50-45(66)42(63)38(59)34(19-55)73-50/h9,22,24,26-51,54-66H,3,8,10-21H2,1-2,4-7H3/t22-,24?,26+,27-,28+,29+,30+,31+,32+,33?,34?,35?,36+,37-,38-,39-,40?,41+,42+,43?,44+,45?,46+,47?,48-,49+,50+,51-,52+,53-/m1/s1. The Hall–Kier alpha value is -1.60. The van der Waals surface area contributed by atoms with E-state index < -0.39 is 155 Å². The monoisotopic (exact) mass is 1090 g/mol. The first-order chi connectivity index (χ1) is 36.0. The van der Waals surface area contributed by atoms with Crippen molar-refractivity contribution in [3.63, 3.8) is 0 Å². The molecule has 30 atom stereocenters. The molecule has 4 aliphatic heterocycles. The van der Waals surface area contributed by atoms with Crippen molar-refractivity contribution >= 4 is 0 Å². The zero-order valence-corrected chi connectivity index (χ0v) is 44.5. The van der Waals surface area contributed by atoms with Gasteiger partial charge in [-0.3, -0.25) is 0 Å². The highest BCUT2D eigenvalue weighted by Gasteiger charge is 2.62. The van der Waals surface area contributed by atoms with Gasteiger partial charge in [0.15, 0.2) is 25.2 Å². The van der Waals surface area contributed by atoms with Crippen LogP contribution in [0.4, 0.5) is 0 Å². The number of hydrogen-bond acceptors (Lipinski definition) is 23. The highest BCUT2D eigenvalue weighted by atomic mass is 16.8. The molecule has 0 radical (unpaired) electrons. The maximum atomic E-state index is 11.7. The second-order valence-electron chi connectivity index (χ2n) is 23.6. The molecular formula is C53H88O23. The molecule has 0 aromatic rings. The van der Waals surface area contributed by atoms with Crippen molar-refractivity contribution in [1.29, 1.82) is 0 Å². The van der Waals surface area contributed by atoms with Crippen LogP contribution in [-0.2, 0) is 47.4 Å². The fourth-order valence-corrected chi connectivity index (χ4v) is 14.5. The number of fused-ring (bicyclic) bond motifs is 5. The van der Waals surface area contributed by atoms with Gasteiger partial charge in [-0.25, -0.2) is 0 Å². The van der Waals surface area contributed by atoms with Gasteiger partial charge in [-0.05, 0) is 99.2 Å². The largest absolute Gasteiger partial charge is 0.492 e. The molecule has 23 nitrogen and oxygen atoms in total. The summed E-state index contributed by atoms with van der Waals surface area (Å²) in [5, 5.41) is 137. The number of ether oxygens (including phenoxy) is 10. The maximum absolute atomic E-state index is 11.7. The van der Waals surface area contributed by atoms with E-state index in [9.17, 15) is 66.4 Å². The summed E-state index contributed by atoms with van der Waals surface area (Å²) >= 11 is 0. The molecule has 3 saturated carbocycles. The van der Waals surface area contributed by atoms with Gasteiger partial charge < -0.3 is 114 Å². The Labute approximate surface area is 444 Å². The van der Waals surface area contributed by atoms with Crippen molar-refractivity contribution in [2.75, 3.05) is 33.5 Å². The smallest absolute Gasteiger partial charge is 0.187 e. The topological polar surface area (TPSA) is 355 Å². The summed E-state index contributed by atoms with van der Waals surface area (Å²) in [6.45, 7) is 12.8.